The fourth-order valence-corrected chi connectivity index (χ4v) is 1.61. The van der Waals surface area contributed by atoms with Crippen LogP contribution < -0.4 is 16.0 Å². The van der Waals surface area contributed by atoms with Crippen LogP contribution in [0.2, 0.25) is 5.15 Å². The van der Waals surface area contributed by atoms with Crippen LogP contribution in [0.15, 0.2) is 0 Å². The molecule has 0 radical (unpaired) electrons. The van der Waals surface area contributed by atoms with Crippen molar-refractivity contribution < 1.29 is 5.11 Å². The molecule has 76 valence electrons. The molecule has 2 rings (SSSR count). The van der Waals surface area contributed by atoms with Gasteiger partial charge < -0.3 is 21.1 Å². The van der Waals surface area contributed by atoms with E-state index in [-0.39, 0.29) is 12.6 Å². The molecule has 0 spiro atoms. The van der Waals surface area contributed by atoms with E-state index in [0.717, 1.165) is 0 Å². The molecule has 0 fully saturated rings. The Labute approximate surface area is 85.7 Å². The highest BCUT2D eigenvalue weighted by atomic mass is 35.5. The van der Waals surface area contributed by atoms with Crippen LogP contribution in [0.25, 0.3) is 0 Å². The zero-order valence-electron chi connectivity index (χ0n) is 7.37. The topological polar surface area (TPSA) is 87.3 Å². The standard InChI is InChI=1S/C7H10ClN5O/c8-5-4-6(12-7(9)11-5)13(1-2-14)3-10-4/h10,14H,1-3H2,(H2,9,11,12). The number of rotatable bonds is 2. The van der Waals surface area contributed by atoms with Crippen molar-refractivity contribution in [3.8, 4) is 0 Å². The minimum atomic E-state index is 0.0582. The van der Waals surface area contributed by atoms with Gasteiger partial charge in [-0.3, -0.25) is 0 Å². The van der Waals surface area contributed by atoms with Gasteiger partial charge in [-0.05, 0) is 0 Å². The SMILES string of the molecule is Nc1nc(Cl)c2c(n1)N(CCO)CN2. The average Bonchev–Trinajstić information content (AvgIpc) is 2.49. The van der Waals surface area contributed by atoms with E-state index in [2.05, 4.69) is 15.3 Å². The molecule has 1 aromatic heterocycles. The van der Waals surface area contributed by atoms with Gasteiger partial charge in [-0.2, -0.15) is 9.97 Å². The van der Waals surface area contributed by atoms with Gasteiger partial charge in [0.05, 0.1) is 13.3 Å². The van der Waals surface area contributed by atoms with Gasteiger partial charge in [-0.15, -0.1) is 0 Å². The lowest BCUT2D eigenvalue weighted by molar-refractivity contribution is 0.303. The first-order valence-electron chi connectivity index (χ1n) is 4.15. The number of aliphatic hydroxyl groups excluding tert-OH is 1. The summed E-state index contributed by atoms with van der Waals surface area (Å²) in [7, 11) is 0. The Balaban J connectivity index is 2.38. The number of halogens is 1. The molecule has 0 bridgehead atoms. The lowest BCUT2D eigenvalue weighted by Gasteiger charge is -2.14. The highest BCUT2D eigenvalue weighted by Gasteiger charge is 2.23. The summed E-state index contributed by atoms with van der Waals surface area (Å²) in [6.45, 7) is 1.11. The van der Waals surface area contributed by atoms with Gasteiger partial charge in [0.25, 0.3) is 0 Å². The maximum absolute atomic E-state index is 8.81. The van der Waals surface area contributed by atoms with E-state index in [9.17, 15) is 0 Å². The lowest BCUT2D eigenvalue weighted by atomic mass is 10.4. The minimum absolute atomic E-state index is 0.0582. The van der Waals surface area contributed by atoms with Gasteiger partial charge in [-0.25, -0.2) is 0 Å². The molecule has 4 N–H and O–H groups in total. The number of nitrogens with one attached hydrogen (secondary N) is 1. The van der Waals surface area contributed by atoms with Crippen LogP contribution in [0.4, 0.5) is 17.5 Å². The highest BCUT2D eigenvalue weighted by molar-refractivity contribution is 6.32. The van der Waals surface area contributed by atoms with E-state index >= 15 is 0 Å². The molecule has 7 heteroatoms. The van der Waals surface area contributed by atoms with Gasteiger partial charge in [0, 0.05) is 6.54 Å². The fraction of sp³-hybridized carbons (Fsp3) is 0.429. The van der Waals surface area contributed by atoms with Crippen LogP contribution in [0.1, 0.15) is 0 Å². The maximum atomic E-state index is 8.81. The molecule has 0 atom stereocenters. The Hall–Kier alpha value is -1.27. The first-order valence-corrected chi connectivity index (χ1v) is 4.53. The number of hydrogen-bond donors (Lipinski definition) is 3. The van der Waals surface area contributed by atoms with E-state index in [0.29, 0.717) is 29.9 Å². The van der Waals surface area contributed by atoms with E-state index in [1.165, 1.54) is 0 Å². The zero-order valence-corrected chi connectivity index (χ0v) is 8.12. The number of hydrogen-bond acceptors (Lipinski definition) is 6. The first kappa shape index (κ1) is 9.29. The third-order valence-electron chi connectivity index (χ3n) is 1.98. The van der Waals surface area contributed by atoms with Gasteiger partial charge in [0.15, 0.2) is 11.0 Å². The molecular formula is C7H10ClN5O. The van der Waals surface area contributed by atoms with E-state index < -0.39 is 0 Å². The molecule has 0 saturated heterocycles. The zero-order chi connectivity index (χ0) is 10.1. The smallest absolute Gasteiger partial charge is 0.223 e. The minimum Gasteiger partial charge on any atom is -0.395 e. The lowest BCUT2D eigenvalue weighted by Crippen LogP contribution is -2.26. The molecule has 1 aliphatic heterocycles. The number of nitrogens with two attached hydrogens (primary N) is 1. The van der Waals surface area contributed by atoms with Gasteiger partial charge in [-0.1, -0.05) is 11.6 Å². The van der Waals surface area contributed by atoms with E-state index in [1.54, 1.807) is 0 Å². The van der Waals surface area contributed by atoms with Crippen LogP contribution in [-0.4, -0.2) is 34.9 Å². The Morgan fingerprint density at radius 1 is 1.57 bits per heavy atom. The summed E-state index contributed by atoms with van der Waals surface area (Å²) in [6.07, 6.45) is 0. The Kier molecular flexibility index (Phi) is 2.30. The normalized spacial score (nSPS) is 14.0. The second kappa shape index (κ2) is 3.47. The Bertz CT molecular complexity index is 358. The number of anilines is 3. The summed E-state index contributed by atoms with van der Waals surface area (Å²) in [4.78, 5) is 9.72. The monoisotopic (exact) mass is 215 g/mol. The molecule has 0 unspecified atom stereocenters. The summed E-state index contributed by atoms with van der Waals surface area (Å²) < 4.78 is 0. The molecule has 6 nitrogen and oxygen atoms in total. The molecule has 14 heavy (non-hydrogen) atoms. The predicted molar refractivity (Wildman–Crippen MR) is 54.4 cm³/mol. The van der Waals surface area contributed by atoms with Crippen molar-refractivity contribution in [3.05, 3.63) is 5.15 Å². The van der Waals surface area contributed by atoms with Crippen LogP contribution in [-0.2, 0) is 0 Å². The summed E-state index contributed by atoms with van der Waals surface area (Å²) in [5.74, 6) is 0.789. The number of β-amino-alcohol motifs (C(OH)–C–C–N with tert-alkyl or cyclic N) is 1. The largest absolute Gasteiger partial charge is 0.395 e. The van der Waals surface area contributed by atoms with Gasteiger partial charge in [0.1, 0.15) is 5.69 Å². The summed E-state index contributed by atoms with van der Waals surface area (Å²) >= 11 is 5.86. The number of nitrogens with zero attached hydrogens (tertiary/aromatic N) is 3. The van der Waals surface area contributed by atoms with Crippen molar-refractivity contribution in [2.75, 3.05) is 35.8 Å². The first-order chi connectivity index (χ1) is 6.72. The van der Waals surface area contributed by atoms with Crippen molar-refractivity contribution in [3.63, 3.8) is 0 Å². The molecule has 0 saturated carbocycles. The van der Waals surface area contributed by atoms with Crippen molar-refractivity contribution in [1.29, 1.82) is 0 Å². The summed E-state index contributed by atoms with van der Waals surface area (Å²) in [5, 5.41) is 12.2. The van der Waals surface area contributed by atoms with Crippen LogP contribution in [0.5, 0.6) is 0 Å². The number of fused-ring (bicyclic) bond motifs is 1. The van der Waals surface area contributed by atoms with E-state index in [4.69, 9.17) is 22.4 Å². The van der Waals surface area contributed by atoms with E-state index in [1.807, 2.05) is 4.90 Å². The fourth-order valence-electron chi connectivity index (χ4n) is 1.37. The van der Waals surface area contributed by atoms with Crippen molar-refractivity contribution in [2.24, 2.45) is 0 Å². The van der Waals surface area contributed by atoms with Crippen molar-refractivity contribution >= 4 is 29.1 Å². The molecule has 1 aliphatic rings. The molecule has 0 amide bonds. The predicted octanol–water partition coefficient (Wildman–Crippen LogP) is -0.106. The van der Waals surface area contributed by atoms with Crippen molar-refractivity contribution in [2.45, 2.75) is 0 Å². The molecule has 0 aliphatic carbocycles. The van der Waals surface area contributed by atoms with Crippen molar-refractivity contribution in [1.82, 2.24) is 9.97 Å². The Morgan fingerprint density at radius 2 is 2.36 bits per heavy atom. The molecule has 0 aromatic carbocycles. The summed E-state index contributed by atoms with van der Waals surface area (Å²) in [6, 6.07) is 0. The van der Waals surface area contributed by atoms with Gasteiger partial charge in [0.2, 0.25) is 5.95 Å². The number of aromatic nitrogens is 2. The average molecular weight is 216 g/mol. The molecular weight excluding hydrogens is 206 g/mol. The van der Waals surface area contributed by atoms with Crippen LogP contribution >= 0.6 is 11.6 Å². The Morgan fingerprint density at radius 3 is 3.07 bits per heavy atom. The second-order valence-electron chi connectivity index (χ2n) is 2.89. The third-order valence-corrected chi connectivity index (χ3v) is 2.25. The summed E-state index contributed by atoms with van der Waals surface area (Å²) in [5.41, 5.74) is 6.14. The second-order valence-corrected chi connectivity index (χ2v) is 3.25. The quantitative estimate of drug-likeness (QED) is 0.597. The number of aliphatic hydroxyl groups is 1. The van der Waals surface area contributed by atoms with Gasteiger partial charge >= 0.3 is 0 Å². The maximum Gasteiger partial charge on any atom is 0.223 e. The van der Waals surface area contributed by atoms with Crippen LogP contribution in [0, 0.1) is 0 Å². The van der Waals surface area contributed by atoms with Crippen LogP contribution in [0.3, 0.4) is 0 Å². The number of nitrogen functional groups attached to an aromatic ring is 1. The third kappa shape index (κ3) is 1.42. The molecule has 2 heterocycles. The molecule has 1 aromatic rings. The highest BCUT2D eigenvalue weighted by Crippen LogP contribution is 2.34.